The molecule has 0 radical (unpaired) electrons. The van der Waals surface area contributed by atoms with Crippen molar-refractivity contribution < 1.29 is 8.42 Å². The Bertz CT molecular complexity index is 457. The number of aryl methyl sites for hydroxylation is 1. The zero-order valence-electron chi connectivity index (χ0n) is 10.9. The van der Waals surface area contributed by atoms with Gasteiger partial charge in [-0.15, -0.1) is 0 Å². The topological polar surface area (TPSA) is 64.0 Å². The molecular formula is C11H21N3O2S. The summed E-state index contributed by atoms with van der Waals surface area (Å²) in [6.07, 6.45) is 5.08. The van der Waals surface area contributed by atoms with E-state index >= 15 is 0 Å². The molecule has 0 aliphatic carbocycles. The average molecular weight is 259 g/mol. The number of sulfone groups is 1. The molecule has 17 heavy (non-hydrogen) atoms. The molecule has 0 amide bonds. The monoisotopic (exact) mass is 259 g/mol. The summed E-state index contributed by atoms with van der Waals surface area (Å²) in [7, 11) is -3.13. The minimum atomic E-state index is -3.13. The molecule has 0 fully saturated rings. The lowest BCUT2D eigenvalue weighted by Gasteiger charge is -2.20. The highest BCUT2D eigenvalue weighted by Crippen LogP contribution is 2.06. The molecule has 1 heterocycles. The fourth-order valence-corrected chi connectivity index (χ4v) is 1.91. The van der Waals surface area contributed by atoms with Crippen LogP contribution in [0.1, 0.15) is 27.2 Å². The zero-order valence-corrected chi connectivity index (χ0v) is 11.7. The van der Waals surface area contributed by atoms with Crippen molar-refractivity contribution >= 4 is 9.84 Å². The average Bonchev–Trinajstić information content (AvgIpc) is 2.58. The standard InChI is InChI=1S/C11H21N3O2S/c1-11(2,3)12-6-5-7-14-9-10(8-13-14)17(4,15)16/h8-9,12H,5-7H2,1-4H3. The normalized spacial score (nSPS) is 12.9. The molecule has 1 aromatic heterocycles. The van der Waals surface area contributed by atoms with Crippen LogP contribution < -0.4 is 5.32 Å². The van der Waals surface area contributed by atoms with Gasteiger partial charge in [0.15, 0.2) is 9.84 Å². The van der Waals surface area contributed by atoms with E-state index in [0.29, 0.717) is 0 Å². The minimum Gasteiger partial charge on any atom is -0.312 e. The largest absolute Gasteiger partial charge is 0.312 e. The van der Waals surface area contributed by atoms with E-state index in [2.05, 4.69) is 31.2 Å². The Hall–Kier alpha value is -0.880. The van der Waals surface area contributed by atoms with Crippen LogP contribution >= 0.6 is 0 Å². The van der Waals surface area contributed by atoms with Crippen LogP contribution in [0.4, 0.5) is 0 Å². The van der Waals surface area contributed by atoms with Crippen LogP contribution in [0.15, 0.2) is 17.3 Å². The molecule has 1 aromatic rings. The Morgan fingerprint density at radius 2 is 2.06 bits per heavy atom. The van der Waals surface area contributed by atoms with Crippen molar-refractivity contribution in [1.82, 2.24) is 15.1 Å². The fourth-order valence-electron chi connectivity index (χ4n) is 1.36. The Balaban J connectivity index is 2.41. The van der Waals surface area contributed by atoms with Crippen LogP contribution in [-0.2, 0) is 16.4 Å². The van der Waals surface area contributed by atoms with Crippen molar-refractivity contribution in [3.63, 3.8) is 0 Å². The van der Waals surface area contributed by atoms with Crippen LogP contribution in [0.25, 0.3) is 0 Å². The van der Waals surface area contributed by atoms with Crippen LogP contribution in [0.5, 0.6) is 0 Å². The summed E-state index contributed by atoms with van der Waals surface area (Å²) in [4.78, 5) is 0.279. The number of aromatic nitrogens is 2. The summed E-state index contributed by atoms with van der Waals surface area (Å²) in [5, 5.41) is 7.40. The fraction of sp³-hybridized carbons (Fsp3) is 0.727. The number of hydrogen-bond donors (Lipinski definition) is 1. The number of nitrogens with zero attached hydrogens (tertiary/aromatic N) is 2. The van der Waals surface area contributed by atoms with Crippen LogP contribution in [0, 0.1) is 0 Å². The van der Waals surface area contributed by atoms with E-state index in [0.717, 1.165) is 19.5 Å². The van der Waals surface area contributed by atoms with Gasteiger partial charge in [0.2, 0.25) is 0 Å². The molecule has 0 spiro atoms. The Morgan fingerprint density at radius 1 is 1.41 bits per heavy atom. The summed E-state index contributed by atoms with van der Waals surface area (Å²) in [6, 6.07) is 0. The zero-order chi connectivity index (χ0) is 13.1. The number of rotatable bonds is 5. The predicted octanol–water partition coefficient (Wildman–Crippen LogP) is 1.06. The Morgan fingerprint density at radius 3 is 2.53 bits per heavy atom. The smallest absolute Gasteiger partial charge is 0.178 e. The lowest BCUT2D eigenvalue weighted by Crippen LogP contribution is -2.36. The maximum absolute atomic E-state index is 11.2. The molecule has 1 rings (SSSR count). The summed E-state index contributed by atoms with van der Waals surface area (Å²) in [5.41, 5.74) is 0.113. The molecule has 0 unspecified atom stereocenters. The molecule has 0 saturated carbocycles. The summed E-state index contributed by atoms with van der Waals surface area (Å²) < 4.78 is 24.2. The third kappa shape index (κ3) is 5.32. The lowest BCUT2D eigenvalue weighted by molar-refractivity contribution is 0.409. The van der Waals surface area contributed by atoms with Crippen LogP contribution in [-0.4, -0.2) is 36.5 Å². The second-order valence-corrected chi connectivity index (χ2v) is 7.26. The number of hydrogen-bond acceptors (Lipinski definition) is 4. The number of nitrogens with one attached hydrogen (secondary N) is 1. The third-order valence-electron chi connectivity index (χ3n) is 2.26. The molecule has 98 valence electrons. The highest BCUT2D eigenvalue weighted by molar-refractivity contribution is 7.90. The molecule has 5 nitrogen and oxygen atoms in total. The van der Waals surface area contributed by atoms with Gasteiger partial charge in [-0.1, -0.05) is 0 Å². The third-order valence-corrected chi connectivity index (χ3v) is 3.32. The summed E-state index contributed by atoms with van der Waals surface area (Å²) in [5.74, 6) is 0. The minimum absolute atomic E-state index is 0.113. The van der Waals surface area contributed by atoms with Crippen molar-refractivity contribution in [2.75, 3.05) is 12.8 Å². The van der Waals surface area contributed by atoms with Gasteiger partial charge in [0.05, 0.1) is 6.20 Å². The van der Waals surface area contributed by atoms with E-state index in [9.17, 15) is 8.42 Å². The molecule has 0 aliphatic heterocycles. The molecular weight excluding hydrogens is 238 g/mol. The van der Waals surface area contributed by atoms with Gasteiger partial charge in [-0.2, -0.15) is 5.10 Å². The van der Waals surface area contributed by atoms with Crippen molar-refractivity contribution in [2.24, 2.45) is 0 Å². The van der Waals surface area contributed by atoms with Gasteiger partial charge in [-0.25, -0.2) is 8.42 Å². The molecule has 6 heteroatoms. The van der Waals surface area contributed by atoms with Gasteiger partial charge in [-0.05, 0) is 33.7 Å². The molecule has 0 aromatic carbocycles. The Kier molecular flexibility index (Phi) is 4.32. The van der Waals surface area contributed by atoms with E-state index in [-0.39, 0.29) is 10.4 Å². The summed E-state index contributed by atoms with van der Waals surface area (Å²) in [6.45, 7) is 7.95. The SMILES string of the molecule is CC(C)(C)NCCCn1cc(S(C)(=O)=O)cn1. The van der Waals surface area contributed by atoms with Crippen molar-refractivity contribution in [3.8, 4) is 0 Å². The van der Waals surface area contributed by atoms with E-state index in [1.807, 2.05) is 0 Å². The molecule has 1 N–H and O–H groups in total. The molecule has 0 saturated heterocycles. The second kappa shape index (κ2) is 5.18. The van der Waals surface area contributed by atoms with E-state index in [4.69, 9.17) is 0 Å². The maximum atomic E-state index is 11.2. The van der Waals surface area contributed by atoms with Gasteiger partial charge in [-0.3, -0.25) is 4.68 Å². The Labute approximate surface area is 103 Å². The maximum Gasteiger partial charge on any atom is 0.178 e. The molecule has 0 atom stereocenters. The van der Waals surface area contributed by atoms with Crippen molar-refractivity contribution in [1.29, 1.82) is 0 Å². The summed E-state index contributed by atoms with van der Waals surface area (Å²) >= 11 is 0. The van der Waals surface area contributed by atoms with E-state index < -0.39 is 9.84 Å². The second-order valence-electron chi connectivity index (χ2n) is 5.24. The van der Waals surface area contributed by atoms with Gasteiger partial charge >= 0.3 is 0 Å². The van der Waals surface area contributed by atoms with Gasteiger partial charge in [0.1, 0.15) is 4.90 Å². The molecule has 0 aliphatic rings. The quantitative estimate of drug-likeness (QED) is 0.803. The van der Waals surface area contributed by atoms with Crippen LogP contribution in [0.2, 0.25) is 0 Å². The lowest BCUT2D eigenvalue weighted by atomic mass is 10.1. The van der Waals surface area contributed by atoms with Crippen molar-refractivity contribution in [2.45, 2.75) is 44.2 Å². The molecule has 0 bridgehead atoms. The van der Waals surface area contributed by atoms with Crippen molar-refractivity contribution in [3.05, 3.63) is 12.4 Å². The first-order chi connectivity index (χ1) is 7.68. The first-order valence-corrected chi connectivity index (χ1v) is 7.55. The highest BCUT2D eigenvalue weighted by Gasteiger charge is 2.10. The highest BCUT2D eigenvalue weighted by atomic mass is 32.2. The first kappa shape index (κ1) is 14.2. The van der Waals surface area contributed by atoms with Crippen LogP contribution in [0.3, 0.4) is 0 Å². The first-order valence-electron chi connectivity index (χ1n) is 5.66. The van der Waals surface area contributed by atoms with E-state index in [1.165, 1.54) is 12.5 Å². The van der Waals surface area contributed by atoms with E-state index in [1.54, 1.807) is 10.9 Å². The van der Waals surface area contributed by atoms with Gasteiger partial charge in [0.25, 0.3) is 0 Å². The van der Waals surface area contributed by atoms with Gasteiger partial charge in [0, 0.05) is 24.5 Å². The predicted molar refractivity (Wildman–Crippen MR) is 67.7 cm³/mol. The van der Waals surface area contributed by atoms with Gasteiger partial charge < -0.3 is 5.32 Å².